The third-order valence-electron chi connectivity index (χ3n) is 5.40. The number of amides is 1. The Balaban J connectivity index is 1.25. The number of H-pyrrole nitrogens is 1. The van der Waals surface area contributed by atoms with Crippen molar-refractivity contribution in [1.29, 1.82) is 0 Å². The van der Waals surface area contributed by atoms with Crippen molar-refractivity contribution in [3.63, 3.8) is 0 Å². The molecular formula is C19H23N7O2S. The minimum Gasteiger partial charge on any atom is -0.360 e. The number of aromatic nitrogens is 4. The summed E-state index contributed by atoms with van der Waals surface area (Å²) in [4.78, 5) is 26.7. The van der Waals surface area contributed by atoms with Crippen LogP contribution in [0.2, 0.25) is 0 Å². The first-order valence-electron chi connectivity index (χ1n) is 9.96. The minimum absolute atomic E-state index is 0.173. The van der Waals surface area contributed by atoms with Gasteiger partial charge in [-0.1, -0.05) is 17.1 Å². The summed E-state index contributed by atoms with van der Waals surface area (Å²) >= 11 is 1.80. The highest BCUT2D eigenvalue weighted by Gasteiger charge is 2.29. The van der Waals surface area contributed by atoms with E-state index in [4.69, 9.17) is 4.52 Å². The summed E-state index contributed by atoms with van der Waals surface area (Å²) < 4.78 is 7.83. The number of anilines is 1. The predicted octanol–water partition coefficient (Wildman–Crippen LogP) is 1.98. The summed E-state index contributed by atoms with van der Waals surface area (Å²) in [5, 5.41) is 8.02. The molecule has 0 bridgehead atoms. The maximum Gasteiger partial charge on any atom is 0.273 e. The number of hydrogen-bond donors (Lipinski definition) is 2. The molecule has 0 saturated carbocycles. The number of carbonyl (C=O) groups is 1. The molecule has 3 aromatic heterocycles. The van der Waals surface area contributed by atoms with Gasteiger partial charge in [0.05, 0.1) is 11.9 Å². The smallest absolute Gasteiger partial charge is 0.273 e. The van der Waals surface area contributed by atoms with Crippen LogP contribution in [0, 0.1) is 0 Å². The molecule has 152 valence electrons. The Kier molecular flexibility index (Phi) is 5.11. The highest BCUT2D eigenvalue weighted by Crippen LogP contribution is 2.29. The molecule has 0 aromatic carbocycles. The van der Waals surface area contributed by atoms with Gasteiger partial charge in [-0.25, -0.2) is 9.97 Å². The third kappa shape index (κ3) is 3.69. The standard InChI is InChI=1S/C19H23N7O2S/c27-19(21-6-10-29-26-7-1-2-8-26)16-14-11-25(9-4-15(14)28-24-16)18-13-3-5-20-17(13)22-12-23-18/h3,5,12H,1-2,4,6-11H2,(H,21,27)(H,20,22,23). The van der Waals surface area contributed by atoms with Crippen molar-refractivity contribution in [3.05, 3.63) is 35.6 Å². The van der Waals surface area contributed by atoms with Gasteiger partial charge in [-0.3, -0.25) is 9.10 Å². The zero-order valence-electron chi connectivity index (χ0n) is 16.1. The summed E-state index contributed by atoms with van der Waals surface area (Å²) in [5.41, 5.74) is 2.04. The monoisotopic (exact) mass is 413 g/mol. The molecule has 2 aliphatic heterocycles. The summed E-state index contributed by atoms with van der Waals surface area (Å²) in [5.74, 6) is 2.34. The first kappa shape index (κ1) is 18.4. The lowest BCUT2D eigenvalue weighted by Crippen LogP contribution is -2.33. The van der Waals surface area contributed by atoms with Crippen LogP contribution in [-0.2, 0) is 13.0 Å². The predicted molar refractivity (Wildman–Crippen MR) is 111 cm³/mol. The summed E-state index contributed by atoms with van der Waals surface area (Å²) in [6, 6.07) is 1.97. The molecule has 0 atom stereocenters. The maximum absolute atomic E-state index is 12.7. The third-order valence-corrected chi connectivity index (χ3v) is 6.52. The normalized spacial score (nSPS) is 17.0. The highest BCUT2D eigenvalue weighted by atomic mass is 32.2. The summed E-state index contributed by atoms with van der Waals surface area (Å²) in [7, 11) is 0. The second-order valence-electron chi connectivity index (χ2n) is 7.27. The SMILES string of the molecule is O=C(NCCSN1CCCC1)c1noc2c1CN(c1ncnc3[nH]ccc13)CC2. The molecule has 2 aliphatic rings. The van der Waals surface area contributed by atoms with E-state index >= 15 is 0 Å². The maximum atomic E-state index is 12.7. The molecule has 3 aromatic rings. The fourth-order valence-corrected chi connectivity index (χ4v) is 4.89. The second-order valence-corrected chi connectivity index (χ2v) is 8.45. The van der Waals surface area contributed by atoms with Crippen molar-refractivity contribution in [2.24, 2.45) is 0 Å². The van der Waals surface area contributed by atoms with Crippen LogP contribution in [0.5, 0.6) is 0 Å². The first-order valence-corrected chi connectivity index (χ1v) is 10.9. The van der Waals surface area contributed by atoms with E-state index < -0.39 is 0 Å². The van der Waals surface area contributed by atoms with E-state index in [0.717, 1.165) is 53.6 Å². The molecule has 5 heterocycles. The van der Waals surface area contributed by atoms with Crippen LogP contribution >= 0.6 is 11.9 Å². The van der Waals surface area contributed by atoms with Gasteiger partial charge in [0.1, 0.15) is 23.6 Å². The van der Waals surface area contributed by atoms with Gasteiger partial charge in [-0.05, 0) is 18.9 Å². The number of rotatable bonds is 6. The molecular weight excluding hydrogens is 390 g/mol. The largest absolute Gasteiger partial charge is 0.360 e. The van der Waals surface area contributed by atoms with Gasteiger partial charge in [-0.2, -0.15) is 0 Å². The molecule has 5 rings (SSSR count). The van der Waals surface area contributed by atoms with E-state index in [9.17, 15) is 4.79 Å². The average Bonchev–Trinajstić information content (AvgIpc) is 3.50. The molecule has 1 fully saturated rings. The Bertz CT molecular complexity index is 1010. The number of aromatic amines is 1. The molecule has 1 amide bonds. The Morgan fingerprint density at radius 2 is 2.17 bits per heavy atom. The molecule has 2 N–H and O–H groups in total. The zero-order valence-corrected chi connectivity index (χ0v) is 16.9. The zero-order chi connectivity index (χ0) is 19.6. The van der Waals surface area contributed by atoms with Crippen LogP contribution in [0.4, 0.5) is 5.82 Å². The second kappa shape index (κ2) is 8.03. The number of hydrogen-bond acceptors (Lipinski definition) is 8. The number of carbonyl (C=O) groups excluding carboxylic acids is 1. The van der Waals surface area contributed by atoms with E-state index in [2.05, 4.69) is 34.6 Å². The van der Waals surface area contributed by atoms with Crippen molar-refractivity contribution < 1.29 is 9.32 Å². The van der Waals surface area contributed by atoms with Crippen LogP contribution in [0.15, 0.2) is 23.1 Å². The van der Waals surface area contributed by atoms with Crippen molar-refractivity contribution in [2.75, 3.05) is 36.8 Å². The van der Waals surface area contributed by atoms with Crippen LogP contribution in [0.1, 0.15) is 34.7 Å². The quantitative estimate of drug-likeness (QED) is 0.467. The summed E-state index contributed by atoms with van der Waals surface area (Å²) in [6.07, 6.45) is 6.64. The molecule has 10 heteroatoms. The van der Waals surface area contributed by atoms with Gasteiger partial charge < -0.3 is 19.7 Å². The van der Waals surface area contributed by atoms with E-state index in [0.29, 0.717) is 25.2 Å². The van der Waals surface area contributed by atoms with E-state index in [1.165, 1.54) is 12.8 Å². The van der Waals surface area contributed by atoms with Gasteiger partial charge in [0.15, 0.2) is 5.69 Å². The number of nitrogens with one attached hydrogen (secondary N) is 2. The fourth-order valence-electron chi connectivity index (χ4n) is 3.92. The lowest BCUT2D eigenvalue weighted by Gasteiger charge is -2.27. The van der Waals surface area contributed by atoms with Crippen LogP contribution in [0.3, 0.4) is 0 Å². The van der Waals surface area contributed by atoms with Crippen molar-refractivity contribution in [1.82, 2.24) is 29.7 Å². The molecule has 29 heavy (non-hydrogen) atoms. The molecule has 9 nitrogen and oxygen atoms in total. The molecule has 0 unspecified atom stereocenters. The van der Waals surface area contributed by atoms with Gasteiger partial charge in [0, 0.05) is 50.1 Å². The van der Waals surface area contributed by atoms with E-state index in [1.807, 2.05) is 12.3 Å². The summed E-state index contributed by atoms with van der Waals surface area (Å²) in [6.45, 7) is 4.20. The molecule has 0 spiro atoms. The van der Waals surface area contributed by atoms with E-state index in [1.54, 1.807) is 18.3 Å². The number of nitrogens with zero attached hydrogens (tertiary/aromatic N) is 5. The molecule has 0 radical (unpaired) electrons. The molecule has 1 saturated heterocycles. The van der Waals surface area contributed by atoms with Crippen molar-refractivity contribution >= 4 is 34.7 Å². The van der Waals surface area contributed by atoms with Crippen LogP contribution in [0.25, 0.3) is 11.0 Å². The lowest BCUT2D eigenvalue weighted by atomic mass is 10.1. The highest BCUT2D eigenvalue weighted by molar-refractivity contribution is 7.97. The van der Waals surface area contributed by atoms with Gasteiger partial charge in [-0.15, -0.1) is 0 Å². The van der Waals surface area contributed by atoms with Crippen LogP contribution in [-0.4, -0.2) is 62.3 Å². The first-order chi connectivity index (χ1) is 14.3. The average molecular weight is 414 g/mol. The number of fused-ring (bicyclic) bond motifs is 2. The Hall–Kier alpha value is -2.59. The van der Waals surface area contributed by atoms with Crippen LogP contribution < -0.4 is 10.2 Å². The van der Waals surface area contributed by atoms with Gasteiger partial charge in [0.25, 0.3) is 5.91 Å². The fraction of sp³-hybridized carbons (Fsp3) is 0.474. The Labute approximate surface area is 172 Å². The topological polar surface area (TPSA) is 103 Å². The van der Waals surface area contributed by atoms with E-state index in [-0.39, 0.29) is 5.91 Å². The van der Waals surface area contributed by atoms with Crippen molar-refractivity contribution in [2.45, 2.75) is 25.8 Å². The minimum atomic E-state index is -0.173. The Morgan fingerprint density at radius 1 is 1.28 bits per heavy atom. The molecule has 0 aliphatic carbocycles. The van der Waals surface area contributed by atoms with Gasteiger partial charge >= 0.3 is 0 Å². The van der Waals surface area contributed by atoms with Crippen molar-refractivity contribution in [3.8, 4) is 0 Å². The van der Waals surface area contributed by atoms with Gasteiger partial charge in [0.2, 0.25) is 0 Å². The Morgan fingerprint density at radius 3 is 3.07 bits per heavy atom. The lowest BCUT2D eigenvalue weighted by molar-refractivity contribution is 0.0946.